The Labute approximate surface area is 207 Å². The molecule has 0 saturated heterocycles. The molecule has 178 valence electrons. The van der Waals surface area contributed by atoms with Gasteiger partial charge in [0.2, 0.25) is 11.8 Å². The van der Waals surface area contributed by atoms with Gasteiger partial charge in [0.1, 0.15) is 12.2 Å². The average molecular weight is 489 g/mol. The summed E-state index contributed by atoms with van der Waals surface area (Å²) in [5, 5.41) is 6.19. The van der Waals surface area contributed by atoms with Crippen LogP contribution in [0, 0.1) is 6.92 Å². The molecule has 7 nitrogen and oxygen atoms in total. The summed E-state index contributed by atoms with van der Waals surface area (Å²) in [5.41, 5.74) is 3.42. The van der Waals surface area contributed by atoms with Crippen LogP contribution in [-0.2, 0) is 29.1 Å². The third kappa shape index (κ3) is 6.13. The zero-order chi connectivity index (χ0) is 24.8. The Morgan fingerprint density at radius 2 is 1.71 bits per heavy atom. The zero-order valence-corrected chi connectivity index (χ0v) is 20.0. The van der Waals surface area contributed by atoms with Gasteiger partial charge >= 0.3 is 0 Å². The van der Waals surface area contributed by atoms with Crippen molar-refractivity contribution in [2.45, 2.75) is 32.9 Å². The van der Waals surface area contributed by atoms with E-state index in [-0.39, 0.29) is 36.9 Å². The largest absolute Gasteiger partial charge is 0.352 e. The highest BCUT2D eigenvalue weighted by Crippen LogP contribution is 2.20. The number of carbonyl (C=O) groups is 2. The number of carbonyl (C=O) groups excluding carboxylic acids is 2. The molecule has 2 N–H and O–H groups in total. The Balaban J connectivity index is 1.49. The summed E-state index contributed by atoms with van der Waals surface area (Å²) in [5.74, 6) is -0.543. The fraction of sp³-hybridized carbons (Fsp3) is 0.185. The monoisotopic (exact) mass is 488 g/mol. The molecule has 0 bridgehead atoms. The summed E-state index contributed by atoms with van der Waals surface area (Å²) in [6.07, 6.45) is 0.279. The Hall–Kier alpha value is -3.97. The number of benzene rings is 3. The summed E-state index contributed by atoms with van der Waals surface area (Å²) in [6, 6.07) is 22.0. The topological polar surface area (TPSA) is 93.1 Å². The maximum Gasteiger partial charge on any atom is 0.273 e. The van der Waals surface area contributed by atoms with E-state index in [0.717, 1.165) is 11.1 Å². The Bertz CT molecular complexity index is 1430. The molecular weight excluding hydrogens is 464 g/mol. The quantitative estimate of drug-likeness (QED) is 0.388. The lowest BCUT2D eigenvalue weighted by molar-refractivity contribution is -0.121. The highest BCUT2D eigenvalue weighted by Gasteiger charge is 2.15. The number of nitrogens with zero attached hydrogens (tertiary/aromatic N) is 2. The molecule has 35 heavy (non-hydrogen) atoms. The third-order valence-electron chi connectivity index (χ3n) is 5.60. The van der Waals surface area contributed by atoms with Crippen LogP contribution >= 0.6 is 11.6 Å². The van der Waals surface area contributed by atoms with Crippen LogP contribution in [0.15, 0.2) is 77.6 Å². The molecule has 4 aromatic rings. The van der Waals surface area contributed by atoms with Crippen LogP contribution in [0.3, 0.4) is 0 Å². The minimum atomic E-state index is -0.392. The first kappa shape index (κ1) is 24.2. The van der Waals surface area contributed by atoms with E-state index < -0.39 is 5.56 Å². The van der Waals surface area contributed by atoms with Gasteiger partial charge in [-0.05, 0) is 42.3 Å². The standard InChI is InChI=1S/C27H25ClN4O3/c1-18-11-12-20(15-21(18)28)30-26(34)17-32-24-10-6-5-9-22(24)31-23(27(32)35)13-14-25(33)29-16-19-7-3-2-4-8-19/h2-12,15H,13-14,16-17H2,1H3,(H,29,33)(H,30,34). The third-order valence-corrected chi connectivity index (χ3v) is 6.01. The van der Waals surface area contributed by atoms with Crippen molar-refractivity contribution >= 4 is 40.1 Å². The predicted molar refractivity (Wildman–Crippen MR) is 137 cm³/mol. The molecule has 0 aliphatic heterocycles. The van der Waals surface area contributed by atoms with E-state index in [4.69, 9.17) is 11.6 Å². The first-order valence-corrected chi connectivity index (χ1v) is 11.6. The minimum Gasteiger partial charge on any atom is -0.352 e. The van der Waals surface area contributed by atoms with Gasteiger partial charge in [-0.3, -0.25) is 19.0 Å². The number of hydrogen-bond donors (Lipinski definition) is 2. The van der Waals surface area contributed by atoms with E-state index in [1.54, 1.807) is 30.3 Å². The van der Waals surface area contributed by atoms with Crippen molar-refractivity contribution in [2.75, 3.05) is 5.32 Å². The number of hydrogen-bond acceptors (Lipinski definition) is 4. The van der Waals surface area contributed by atoms with Crippen LogP contribution < -0.4 is 16.2 Å². The molecule has 1 heterocycles. The molecule has 1 aromatic heterocycles. The van der Waals surface area contributed by atoms with Crippen LogP contribution in [0.5, 0.6) is 0 Å². The second-order valence-corrected chi connectivity index (χ2v) is 8.62. The first-order valence-electron chi connectivity index (χ1n) is 11.3. The lowest BCUT2D eigenvalue weighted by Crippen LogP contribution is -2.32. The van der Waals surface area contributed by atoms with Gasteiger partial charge in [0.05, 0.1) is 11.0 Å². The molecule has 0 fully saturated rings. The molecule has 0 aliphatic carbocycles. The second kappa shape index (κ2) is 11.0. The van der Waals surface area contributed by atoms with E-state index in [2.05, 4.69) is 15.6 Å². The van der Waals surface area contributed by atoms with Gasteiger partial charge in [-0.25, -0.2) is 4.98 Å². The number of aryl methyl sites for hydroxylation is 2. The highest BCUT2D eigenvalue weighted by atomic mass is 35.5. The fourth-order valence-electron chi connectivity index (χ4n) is 3.70. The summed E-state index contributed by atoms with van der Waals surface area (Å²) in [6.45, 7) is 2.10. The first-order chi connectivity index (χ1) is 16.9. The summed E-state index contributed by atoms with van der Waals surface area (Å²) < 4.78 is 1.39. The van der Waals surface area contributed by atoms with Crippen molar-refractivity contribution in [3.8, 4) is 0 Å². The van der Waals surface area contributed by atoms with Crippen molar-refractivity contribution in [1.29, 1.82) is 0 Å². The molecular formula is C27H25ClN4O3. The number of para-hydroxylation sites is 2. The van der Waals surface area contributed by atoms with Gasteiger partial charge in [0, 0.05) is 30.1 Å². The maximum absolute atomic E-state index is 13.2. The van der Waals surface area contributed by atoms with E-state index in [1.165, 1.54) is 4.57 Å². The van der Waals surface area contributed by atoms with Gasteiger partial charge < -0.3 is 10.6 Å². The molecule has 0 saturated carbocycles. The van der Waals surface area contributed by atoms with E-state index >= 15 is 0 Å². The number of nitrogens with one attached hydrogen (secondary N) is 2. The molecule has 0 aliphatic rings. The predicted octanol–water partition coefficient (Wildman–Crippen LogP) is 4.25. The molecule has 4 rings (SSSR count). The van der Waals surface area contributed by atoms with Crippen molar-refractivity contribution in [3.63, 3.8) is 0 Å². The molecule has 3 aromatic carbocycles. The number of aromatic nitrogens is 2. The average Bonchev–Trinajstić information content (AvgIpc) is 2.86. The van der Waals surface area contributed by atoms with Gasteiger partial charge in [-0.2, -0.15) is 0 Å². The van der Waals surface area contributed by atoms with E-state index in [9.17, 15) is 14.4 Å². The lowest BCUT2D eigenvalue weighted by atomic mass is 10.2. The Morgan fingerprint density at radius 3 is 2.49 bits per heavy atom. The minimum absolute atomic E-state index is 0.113. The Morgan fingerprint density at radius 1 is 0.971 bits per heavy atom. The molecule has 0 unspecified atom stereocenters. The maximum atomic E-state index is 13.2. The number of anilines is 1. The van der Waals surface area contributed by atoms with E-state index in [1.807, 2.05) is 49.4 Å². The molecule has 0 atom stereocenters. The van der Waals surface area contributed by atoms with Gasteiger partial charge in [-0.1, -0.05) is 60.1 Å². The molecule has 0 spiro atoms. The van der Waals surface area contributed by atoms with Gasteiger partial charge in [0.25, 0.3) is 5.56 Å². The SMILES string of the molecule is Cc1ccc(NC(=O)Cn2c(=O)c(CCC(=O)NCc3ccccc3)nc3ccccc32)cc1Cl. The Kier molecular flexibility index (Phi) is 7.57. The molecule has 0 radical (unpaired) electrons. The van der Waals surface area contributed by atoms with Gasteiger partial charge in [0.15, 0.2) is 0 Å². The smallest absolute Gasteiger partial charge is 0.273 e. The van der Waals surface area contributed by atoms with Gasteiger partial charge in [-0.15, -0.1) is 0 Å². The zero-order valence-electron chi connectivity index (χ0n) is 19.3. The van der Waals surface area contributed by atoms with Crippen LogP contribution in [0.1, 0.15) is 23.2 Å². The normalized spacial score (nSPS) is 10.8. The van der Waals surface area contributed by atoms with Crippen LogP contribution in [-0.4, -0.2) is 21.4 Å². The van der Waals surface area contributed by atoms with Crippen LogP contribution in [0.4, 0.5) is 5.69 Å². The van der Waals surface area contributed by atoms with Crippen molar-refractivity contribution in [2.24, 2.45) is 0 Å². The fourth-order valence-corrected chi connectivity index (χ4v) is 3.88. The highest BCUT2D eigenvalue weighted by molar-refractivity contribution is 6.31. The summed E-state index contributed by atoms with van der Waals surface area (Å²) in [4.78, 5) is 42.8. The van der Waals surface area contributed by atoms with Crippen molar-refractivity contribution in [1.82, 2.24) is 14.9 Å². The number of halogens is 1. The van der Waals surface area contributed by atoms with Crippen molar-refractivity contribution in [3.05, 3.63) is 105 Å². The van der Waals surface area contributed by atoms with Crippen molar-refractivity contribution < 1.29 is 9.59 Å². The van der Waals surface area contributed by atoms with Crippen LogP contribution in [0.2, 0.25) is 5.02 Å². The second-order valence-electron chi connectivity index (χ2n) is 8.21. The number of amides is 2. The molecule has 8 heteroatoms. The summed E-state index contributed by atoms with van der Waals surface area (Å²) in [7, 11) is 0. The van der Waals surface area contributed by atoms with E-state index in [0.29, 0.717) is 28.3 Å². The summed E-state index contributed by atoms with van der Waals surface area (Å²) >= 11 is 6.15. The number of fused-ring (bicyclic) bond motifs is 1. The number of rotatable bonds is 8. The van der Waals surface area contributed by atoms with Crippen LogP contribution in [0.25, 0.3) is 11.0 Å². The lowest BCUT2D eigenvalue weighted by Gasteiger charge is -2.13. The molecule has 2 amide bonds.